The predicted octanol–water partition coefficient (Wildman–Crippen LogP) is 2.33. The summed E-state index contributed by atoms with van der Waals surface area (Å²) in [6.45, 7) is 5.77. The third kappa shape index (κ3) is 3.27. The summed E-state index contributed by atoms with van der Waals surface area (Å²) < 4.78 is 10.3. The van der Waals surface area contributed by atoms with Crippen LogP contribution in [0.2, 0.25) is 0 Å². The highest BCUT2D eigenvalue weighted by Crippen LogP contribution is 2.17. The molecule has 3 heteroatoms. The van der Waals surface area contributed by atoms with Gasteiger partial charge >= 0.3 is 5.97 Å². The molecule has 1 rings (SSSR count). The third-order valence-corrected chi connectivity index (χ3v) is 2.02. The van der Waals surface area contributed by atoms with Crippen LogP contribution in [-0.2, 0) is 9.53 Å². The number of ether oxygens (including phenoxy) is 2. The Morgan fingerprint density at radius 1 is 1.40 bits per heavy atom. The summed E-state index contributed by atoms with van der Waals surface area (Å²) in [5.74, 6) is 0.388. The van der Waals surface area contributed by atoms with Crippen molar-refractivity contribution in [3.8, 4) is 5.75 Å². The fraction of sp³-hybridized carbons (Fsp3) is 0.417. The summed E-state index contributed by atoms with van der Waals surface area (Å²) in [6.07, 6.45) is -0.564. The fourth-order valence-electron chi connectivity index (χ4n) is 1.19. The summed E-state index contributed by atoms with van der Waals surface area (Å²) in [6, 6.07) is 7.58. The van der Waals surface area contributed by atoms with Crippen molar-refractivity contribution in [1.82, 2.24) is 0 Å². The minimum atomic E-state index is -0.564. The topological polar surface area (TPSA) is 35.5 Å². The van der Waals surface area contributed by atoms with Gasteiger partial charge in [-0.3, -0.25) is 0 Å². The summed E-state index contributed by atoms with van der Waals surface area (Å²) in [5, 5.41) is 0. The molecule has 0 aromatic heterocycles. The zero-order valence-corrected chi connectivity index (χ0v) is 9.32. The van der Waals surface area contributed by atoms with Crippen LogP contribution in [0, 0.1) is 6.92 Å². The molecule has 0 radical (unpaired) electrons. The first-order valence-electron chi connectivity index (χ1n) is 5.04. The lowest BCUT2D eigenvalue weighted by atomic mass is 10.2. The molecule has 0 aliphatic heterocycles. The predicted molar refractivity (Wildman–Crippen MR) is 57.9 cm³/mol. The van der Waals surface area contributed by atoms with Gasteiger partial charge in [0.1, 0.15) is 5.75 Å². The van der Waals surface area contributed by atoms with Crippen molar-refractivity contribution in [2.45, 2.75) is 26.9 Å². The van der Waals surface area contributed by atoms with E-state index in [1.54, 1.807) is 13.8 Å². The second-order valence-electron chi connectivity index (χ2n) is 3.28. The molecule has 0 fully saturated rings. The van der Waals surface area contributed by atoms with Gasteiger partial charge in [0.25, 0.3) is 0 Å². The number of esters is 1. The Bertz CT molecular complexity index is 333. The van der Waals surface area contributed by atoms with Gasteiger partial charge in [0, 0.05) is 0 Å². The summed E-state index contributed by atoms with van der Waals surface area (Å²) in [4.78, 5) is 11.3. The molecule has 0 N–H and O–H groups in total. The lowest BCUT2D eigenvalue weighted by molar-refractivity contribution is -0.150. The molecule has 0 saturated carbocycles. The first kappa shape index (κ1) is 11.6. The monoisotopic (exact) mass is 208 g/mol. The lowest BCUT2D eigenvalue weighted by Gasteiger charge is -2.14. The minimum Gasteiger partial charge on any atom is -0.479 e. The molecule has 1 atom stereocenters. The van der Waals surface area contributed by atoms with Crippen LogP contribution >= 0.6 is 0 Å². The molecule has 82 valence electrons. The number of benzene rings is 1. The molecular formula is C12H16O3. The summed E-state index contributed by atoms with van der Waals surface area (Å²) in [5.41, 5.74) is 1.01. The van der Waals surface area contributed by atoms with Gasteiger partial charge in [-0.05, 0) is 32.4 Å². The number of hydrogen-bond acceptors (Lipinski definition) is 3. The van der Waals surface area contributed by atoms with Crippen LogP contribution in [0.4, 0.5) is 0 Å². The van der Waals surface area contributed by atoms with Crippen molar-refractivity contribution in [2.24, 2.45) is 0 Å². The minimum absolute atomic E-state index is 0.333. The number of carbonyl (C=O) groups is 1. The quantitative estimate of drug-likeness (QED) is 0.712. The van der Waals surface area contributed by atoms with Crippen molar-refractivity contribution < 1.29 is 14.3 Å². The molecule has 0 spiro atoms. The van der Waals surface area contributed by atoms with Gasteiger partial charge in [-0.1, -0.05) is 18.2 Å². The van der Waals surface area contributed by atoms with Gasteiger partial charge in [0.15, 0.2) is 6.10 Å². The van der Waals surface area contributed by atoms with Crippen LogP contribution < -0.4 is 4.74 Å². The van der Waals surface area contributed by atoms with Crippen LogP contribution in [0.5, 0.6) is 5.75 Å². The van der Waals surface area contributed by atoms with Crippen LogP contribution in [0.1, 0.15) is 19.4 Å². The van der Waals surface area contributed by atoms with E-state index in [1.807, 2.05) is 31.2 Å². The van der Waals surface area contributed by atoms with Crippen molar-refractivity contribution in [3.05, 3.63) is 29.8 Å². The van der Waals surface area contributed by atoms with Crippen molar-refractivity contribution in [2.75, 3.05) is 6.61 Å². The molecule has 0 aliphatic carbocycles. The molecule has 0 saturated heterocycles. The second kappa shape index (κ2) is 5.39. The Morgan fingerprint density at radius 2 is 2.07 bits per heavy atom. The van der Waals surface area contributed by atoms with E-state index in [4.69, 9.17) is 9.47 Å². The summed E-state index contributed by atoms with van der Waals surface area (Å²) in [7, 11) is 0. The Hall–Kier alpha value is -1.51. The molecule has 0 aliphatic rings. The Kier molecular flexibility index (Phi) is 4.16. The highest BCUT2D eigenvalue weighted by atomic mass is 16.6. The Morgan fingerprint density at radius 3 is 2.67 bits per heavy atom. The normalized spacial score (nSPS) is 11.9. The second-order valence-corrected chi connectivity index (χ2v) is 3.28. The lowest BCUT2D eigenvalue weighted by Crippen LogP contribution is -2.26. The van der Waals surface area contributed by atoms with E-state index >= 15 is 0 Å². The maximum atomic E-state index is 11.3. The van der Waals surface area contributed by atoms with Crippen molar-refractivity contribution >= 4 is 5.97 Å². The zero-order valence-electron chi connectivity index (χ0n) is 9.32. The third-order valence-electron chi connectivity index (χ3n) is 2.02. The summed E-state index contributed by atoms with van der Waals surface area (Å²) >= 11 is 0. The van der Waals surface area contributed by atoms with Gasteiger partial charge in [0.2, 0.25) is 0 Å². The van der Waals surface area contributed by atoms with E-state index in [2.05, 4.69) is 0 Å². The van der Waals surface area contributed by atoms with E-state index in [9.17, 15) is 4.79 Å². The molecule has 1 aromatic carbocycles. The van der Waals surface area contributed by atoms with E-state index in [1.165, 1.54) is 0 Å². The van der Waals surface area contributed by atoms with Crippen molar-refractivity contribution in [1.29, 1.82) is 0 Å². The molecule has 1 unspecified atom stereocenters. The fourth-order valence-corrected chi connectivity index (χ4v) is 1.19. The van der Waals surface area contributed by atoms with Crippen molar-refractivity contribution in [3.63, 3.8) is 0 Å². The Labute approximate surface area is 90.0 Å². The molecule has 15 heavy (non-hydrogen) atoms. The molecule has 0 amide bonds. The number of hydrogen-bond donors (Lipinski definition) is 0. The number of carbonyl (C=O) groups excluding carboxylic acids is 1. The smallest absolute Gasteiger partial charge is 0.347 e. The molecular weight excluding hydrogens is 192 g/mol. The van der Waals surface area contributed by atoms with Gasteiger partial charge in [0.05, 0.1) is 6.61 Å². The molecule has 0 heterocycles. The highest BCUT2D eigenvalue weighted by molar-refractivity contribution is 5.74. The number of para-hydroxylation sites is 1. The Balaban J connectivity index is 2.62. The van der Waals surface area contributed by atoms with Gasteiger partial charge in [-0.25, -0.2) is 4.79 Å². The van der Waals surface area contributed by atoms with E-state index in [0.717, 1.165) is 11.3 Å². The van der Waals surface area contributed by atoms with E-state index in [0.29, 0.717) is 6.61 Å². The van der Waals surface area contributed by atoms with Gasteiger partial charge in [-0.2, -0.15) is 0 Å². The highest BCUT2D eigenvalue weighted by Gasteiger charge is 2.15. The average molecular weight is 208 g/mol. The van der Waals surface area contributed by atoms with Gasteiger partial charge < -0.3 is 9.47 Å². The maximum absolute atomic E-state index is 11.3. The molecule has 3 nitrogen and oxygen atoms in total. The SMILES string of the molecule is CCOC(=O)C(C)Oc1ccccc1C. The number of aryl methyl sites for hydroxylation is 1. The molecule has 0 bridgehead atoms. The first-order valence-corrected chi connectivity index (χ1v) is 5.04. The van der Waals surface area contributed by atoms with Crippen LogP contribution in [0.25, 0.3) is 0 Å². The molecule has 1 aromatic rings. The van der Waals surface area contributed by atoms with E-state index < -0.39 is 6.10 Å². The first-order chi connectivity index (χ1) is 7.15. The zero-order chi connectivity index (χ0) is 11.3. The largest absolute Gasteiger partial charge is 0.479 e. The van der Waals surface area contributed by atoms with Crippen LogP contribution in [-0.4, -0.2) is 18.7 Å². The van der Waals surface area contributed by atoms with Crippen LogP contribution in [0.3, 0.4) is 0 Å². The standard InChI is InChI=1S/C12H16O3/c1-4-14-12(13)10(3)15-11-8-6-5-7-9(11)2/h5-8,10H,4H2,1-3H3. The average Bonchev–Trinajstić information content (AvgIpc) is 2.21. The number of rotatable bonds is 4. The van der Waals surface area contributed by atoms with Crippen LogP contribution in [0.15, 0.2) is 24.3 Å². The maximum Gasteiger partial charge on any atom is 0.347 e. The van der Waals surface area contributed by atoms with Gasteiger partial charge in [-0.15, -0.1) is 0 Å². The van der Waals surface area contributed by atoms with E-state index in [-0.39, 0.29) is 5.97 Å².